The zero-order valence-electron chi connectivity index (χ0n) is 16.5. The second-order valence-electron chi connectivity index (χ2n) is 6.85. The quantitative estimate of drug-likeness (QED) is 0.591. The van der Waals surface area contributed by atoms with Crippen LogP contribution in [0.1, 0.15) is 31.7 Å². The van der Waals surface area contributed by atoms with Crippen LogP contribution >= 0.6 is 0 Å². The Morgan fingerprint density at radius 3 is 2.48 bits per heavy atom. The Morgan fingerprint density at radius 2 is 1.89 bits per heavy atom. The number of rotatable bonds is 9. The first-order valence-corrected chi connectivity index (χ1v) is 9.89. The van der Waals surface area contributed by atoms with Crippen molar-refractivity contribution in [3.63, 3.8) is 0 Å². The molecule has 0 atom stereocenters. The highest BCUT2D eigenvalue weighted by atomic mass is 16.2. The maximum absolute atomic E-state index is 12.7. The van der Waals surface area contributed by atoms with Crippen molar-refractivity contribution in [3.05, 3.63) is 85.1 Å². The molecule has 0 spiro atoms. The molecule has 0 radical (unpaired) electrons. The van der Waals surface area contributed by atoms with E-state index in [4.69, 9.17) is 0 Å². The lowest BCUT2D eigenvalue weighted by molar-refractivity contribution is -0.131. The Morgan fingerprint density at radius 1 is 1.19 bits per heavy atom. The van der Waals surface area contributed by atoms with E-state index < -0.39 is 0 Å². The Balaban J connectivity index is 1.99. The average Bonchev–Trinajstić information content (AvgIpc) is 2.72. The molecule has 1 fully saturated rings. The summed E-state index contributed by atoms with van der Waals surface area (Å²) in [6, 6.07) is 10.9. The summed E-state index contributed by atoms with van der Waals surface area (Å²) in [4.78, 5) is 17.1. The summed E-state index contributed by atoms with van der Waals surface area (Å²) in [5.41, 5.74) is 2.28. The number of nitrogens with zero attached hydrogens (tertiary/aromatic N) is 2. The molecule has 0 bridgehead atoms. The Labute approximate surface area is 164 Å². The highest BCUT2D eigenvalue weighted by Gasteiger charge is 2.28. The molecule has 1 saturated heterocycles. The molecule has 144 valence electrons. The van der Waals surface area contributed by atoms with Crippen molar-refractivity contribution in [1.29, 1.82) is 0 Å². The van der Waals surface area contributed by atoms with Crippen LogP contribution in [0.4, 0.5) is 0 Å². The highest BCUT2D eigenvalue weighted by Crippen LogP contribution is 2.23. The monoisotopic (exact) mass is 364 g/mol. The molecule has 2 rings (SSSR count). The molecule has 0 N–H and O–H groups in total. The first-order chi connectivity index (χ1) is 13.2. The minimum Gasteiger partial charge on any atom is -0.309 e. The Kier molecular flexibility index (Phi) is 8.79. The molecule has 1 aromatic rings. The summed E-state index contributed by atoms with van der Waals surface area (Å²) in [6.07, 6.45) is 12.8. The summed E-state index contributed by atoms with van der Waals surface area (Å²) >= 11 is 0. The summed E-state index contributed by atoms with van der Waals surface area (Å²) in [6.45, 7) is 12.6. The van der Waals surface area contributed by atoms with Gasteiger partial charge < -0.3 is 9.80 Å². The van der Waals surface area contributed by atoms with Gasteiger partial charge in [-0.1, -0.05) is 68.6 Å². The summed E-state index contributed by atoms with van der Waals surface area (Å²) in [5, 5.41) is 0. The highest BCUT2D eigenvalue weighted by molar-refractivity contribution is 5.78. The van der Waals surface area contributed by atoms with Crippen molar-refractivity contribution in [2.24, 2.45) is 0 Å². The number of amides is 1. The van der Waals surface area contributed by atoms with E-state index in [1.165, 1.54) is 5.56 Å². The zero-order valence-corrected chi connectivity index (χ0v) is 16.5. The van der Waals surface area contributed by atoms with Gasteiger partial charge in [0.1, 0.15) is 0 Å². The van der Waals surface area contributed by atoms with Crippen LogP contribution in [0.25, 0.3) is 0 Å². The number of carbonyl (C=O) groups excluding carboxylic acids is 1. The van der Waals surface area contributed by atoms with Crippen molar-refractivity contribution in [2.45, 2.75) is 38.6 Å². The fourth-order valence-electron chi connectivity index (χ4n) is 3.57. The first-order valence-electron chi connectivity index (χ1n) is 9.89. The van der Waals surface area contributed by atoms with Gasteiger partial charge >= 0.3 is 0 Å². The predicted molar refractivity (Wildman–Crippen MR) is 114 cm³/mol. The van der Waals surface area contributed by atoms with Gasteiger partial charge in [-0.25, -0.2) is 0 Å². The molecule has 0 aliphatic carbocycles. The van der Waals surface area contributed by atoms with E-state index >= 15 is 0 Å². The van der Waals surface area contributed by atoms with Gasteiger partial charge in [-0.2, -0.15) is 0 Å². The molecule has 1 aliphatic rings. The standard InChI is InChI=1S/C24H32N2O/c1-4-7-14-22(11-5-2)26(24(27)6-3)23-16-19-25(20-17-23)18-15-21-12-9-8-10-13-21/h4-5,7-14,23H,1-2,6,15-20H2,3H3/b14-7-,22-11+. The van der Waals surface area contributed by atoms with Crippen molar-refractivity contribution >= 4 is 5.91 Å². The van der Waals surface area contributed by atoms with Crippen molar-refractivity contribution < 1.29 is 4.79 Å². The number of hydrogen-bond donors (Lipinski definition) is 0. The number of allylic oxidation sites excluding steroid dienone is 5. The van der Waals surface area contributed by atoms with Crippen LogP contribution in [-0.4, -0.2) is 41.4 Å². The topological polar surface area (TPSA) is 23.6 Å². The molecule has 3 heteroatoms. The number of benzene rings is 1. The van der Waals surface area contributed by atoms with Crippen LogP contribution in [0.15, 0.2) is 79.6 Å². The Hall–Kier alpha value is -2.39. The predicted octanol–water partition coefficient (Wildman–Crippen LogP) is 4.74. The minimum absolute atomic E-state index is 0.166. The van der Waals surface area contributed by atoms with E-state index in [-0.39, 0.29) is 11.9 Å². The molecule has 1 heterocycles. The van der Waals surface area contributed by atoms with Crippen LogP contribution in [0.2, 0.25) is 0 Å². The number of likely N-dealkylation sites (tertiary alicyclic amines) is 1. The van der Waals surface area contributed by atoms with E-state index in [0.29, 0.717) is 6.42 Å². The lowest BCUT2D eigenvalue weighted by atomic mass is 10.0. The minimum atomic E-state index is 0.166. The van der Waals surface area contributed by atoms with E-state index in [9.17, 15) is 4.79 Å². The fourth-order valence-corrected chi connectivity index (χ4v) is 3.57. The fraction of sp³-hybridized carbons (Fsp3) is 0.375. The zero-order chi connectivity index (χ0) is 19.5. The molecule has 1 amide bonds. The maximum atomic E-state index is 12.7. The average molecular weight is 365 g/mol. The van der Waals surface area contributed by atoms with Crippen LogP contribution in [0, 0.1) is 0 Å². The van der Waals surface area contributed by atoms with Crippen molar-refractivity contribution in [1.82, 2.24) is 9.80 Å². The smallest absolute Gasteiger partial charge is 0.226 e. The maximum Gasteiger partial charge on any atom is 0.226 e. The molecule has 1 aromatic carbocycles. The largest absolute Gasteiger partial charge is 0.309 e. The van der Waals surface area contributed by atoms with Gasteiger partial charge in [-0.15, -0.1) is 0 Å². The second-order valence-corrected chi connectivity index (χ2v) is 6.85. The molecule has 0 aromatic heterocycles. The van der Waals surface area contributed by atoms with Crippen molar-refractivity contribution in [3.8, 4) is 0 Å². The van der Waals surface area contributed by atoms with Crippen LogP contribution < -0.4 is 0 Å². The van der Waals surface area contributed by atoms with Gasteiger partial charge in [0.15, 0.2) is 0 Å². The molecule has 0 unspecified atom stereocenters. The Bertz CT molecular complexity index is 667. The lowest BCUT2D eigenvalue weighted by Crippen LogP contribution is -2.47. The van der Waals surface area contributed by atoms with Crippen LogP contribution in [0.5, 0.6) is 0 Å². The van der Waals surface area contributed by atoms with Crippen LogP contribution in [0.3, 0.4) is 0 Å². The molecule has 1 aliphatic heterocycles. The van der Waals surface area contributed by atoms with Crippen LogP contribution in [-0.2, 0) is 11.2 Å². The van der Waals surface area contributed by atoms with E-state index in [2.05, 4.69) is 48.4 Å². The first kappa shape index (κ1) is 20.9. The van der Waals surface area contributed by atoms with Gasteiger partial charge in [0, 0.05) is 37.8 Å². The molecule has 0 saturated carbocycles. The normalized spacial score (nSPS) is 16.4. The van der Waals surface area contributed by atoms with Gasteiger partial charge in [0.25, 0.3) is 0 Å². The van der Waals surface area contributed by atoms with E-state index in [0.717, 1.165) is 44.6 Å². The summed E-state index contributed by atoms with van der Waals surface area (Å²) in [5.74, 6) is 0.166. The number of carbonyl (C=O) groups is 1. The third-order valence-corrected chi connectivity index (χ3v) is 5.02. The second kappa shape index (κ2) is 11.3. The van der Waals surface area contributed by atoms with Crippen molar-refractivity contribution in [2.75, 3.05) is 19.6 Å². The third kappa shape index (κ3) is 6.37. The molecular weight excluding hydrogens is 332 g/mol. The number of hydrogen-bond acceptors (Lipinski definition) is 2. The SMILES string of the molecule is C=C/C=C\C(=C/C=C)N(C(=O)CC)C1CCN(CCc2ccccc2)CC1. The van der Waals surface area contributed by atoms with E-state index in [1.54, 1.807) is 12.2 Å². The van der Waals surface area contributed by atoms with Gasteiger partial charge in [-0.05, 0) is 37.0 Å². The van der Waals surface area contributed by atoms with E-state index in [1.807, 2.05) is 30.1 Å². The summed E-state index contributed by atoms with van der Waals surface area (Å²) < 4.78 is 0. The van der Waals surface area contributed by atoms with Gasteiger partial charge in [-0.3, -0.25) is 4.79 Å². The van der Waals surface area contributed by atoms with Gasteiger partial charge in [0.2, 0.25) is 5.91 Å². The lowest BCUT2D eigenvalue weighted by Gasteiger charge is -2.39. The number of piperidine rings is 1. The summed E-state index contributed by atoms with van der Waals surface area (Å²) in [7, 11) is 0. The third-order valence-electron chi connectivity index (χ3n) is 5.02. The molecule has 27 heavy (non-hydrogen) atoms. The molecule has 3 nitrogen and oxygen atoms in total. The van der Waals surface area contributed by atoms with Gasteiger partial charge in [0.05, 0.1) is 0 Å². The molecular formula is C24H32N2O.